The highest BCUT2D eigenvalue weighted by Crippen LogP contribution is 2.18. The molecule has 1 aromatic rings. The molecule has 0 aromatic carbocycles. The molecule has 1 aliphatic heterocycles. The molecule has 2 N–H and O–H groups in total. The molecule has 0 radical (unpaired) electrons. The Morgan fingerprint density at radius 1 is 1.45 bits per heavy atom. The van der Waals surface area contributed by atoms with Crippen molar-refractivity contribution < 1.29 is 15.0 Å². The third-order valence-electron chi connectivity index (χ3n) is 3.74. The number of carbonyl (C=O) groups is 1. The Morgan fingerprint density at radius 2 is 2.15 bits per heavy atom. The van der Waals surface area contributed by atoms with Crippen molar-refractivity contribution in [2.24, 2.45) is 0 Å². The van der Waals surface area contributed by atoms with Gasteiger partial charge in [-0.3, -0.25) is 9.48 Å². The zero-order valence-electron chi connectivity index (χ0n) is 12.3. The number of amides is 1. The van der Waals surface area contributed by atoms with Gasteiger partial charge in [0.05, 0.1) is 17.9 Å². The van der Waals surface area contributed by atoms with Gasteiger partial charge in [0.1, 0.15) is 5.69 Å². The lowest BCUT2D eigenvalue weighted by Gasteiger charge is -2.33. The summed E-state index contributed by atoms with van der Waals surface area (Å²) >= 11 is 0. The first-order chi connectivity index (χ1) is 9.43. The first kappa shape index (κ1) is 15.0. The van der Waals surface area contributed by atoms with E-state index >= 15 is 0 Å². The number of aliphatic hydroxyl groups excluding tert-OH is 2. The molecule has 2 rings (SSSR count). The van der Waals surface area contributed by atoms with Gasteiger partial charge in [-0.2, -0.15) is 5.10 Å². The lowest BCUT2D eigenvalue weighted by Crippen LogP contribution is -2.49. The van der Waals surface area contributed by atoms with Gasteiger partial charge >= 0.3 is 0 Å². The highest BCUT2D eigenvalue weighted by molar-refractivity contribution is 5.92. The van der Waals surface area contributed by atoms with Crippen molar-refractivity contribution >= 4 is 5.91 Å². The average Bonchev–Trinajstić information content (AvgIpc) is 2.85. The minimum Gasteiger partial charge on any atom is -0.390 e. The Morgan fingerprint density at radius 3 is 2.70 bits per heavy atom. The Labute approximate surface area is 119 Å². The number of nitrogens with zero attached hydrogens (tertiary/aromatic N) is 3. The van der Waals surface area contributed by atoms with Crippen molar-refractivity contribution in [3.05, 3.63) is 17.5 Å². The predicted octanol–water partition coefficient (Wildman–Crippen LogP) is 0.594. The minimum atomic E-state index is -0.865. The number of rotatable bonds is 3. The quantitative estimate of drug-likeness (QED) is 0.850. The molecule has 1 aliphatic rings. The molecule has 2 heterocycles. The van der Waals surface area contributed by atoms with E-state index in [2.05, 4.69) is 5.10 Å². The van der Waals surface area contributed by atoms with E-state index in [1.807, 2.05) is 26.8 Å². The van der Waals surface area contributed by atoms with Crippen LogP contribution in [-0.2, 0) is 6.54 Å². The van der Waals surface area contributed by atoms with Crippen LogP contribution in [0.1, 0.15) is 49.3 Å². The number of β-amino-alcohol motifs (C(OH)–C–C–N with tert-alkyl or cyclic N) is 1. The molecule has 1 amide bonds. The maximum Gasteiger partial charge on any atom is 0.272 e. The van der Waals surface area contributed by atoms with Gasteiger partial charge in [-0.25, -0.2) is 0 Å². The molecule has 6 nitrogen and oxygen atoms in total. The SMILES string of the molecule is CCn1nc(C(C)C)cc1C(=O)N1CC[C@@H](O)[C@H](O)C1. The van der Waals surface area contributed by atoms with Crippen LogP contribution in [0.15, 0.2) is 6.07 Å². The summed E-state index contributed by atoms with van der Waals surface area (Å²) in [6.07, 6.45) is -1.19. The second-order valence-electron chi connectivity index (χ2n) is 5.60. The van der Waals surface area contributed by atoms with Crippen molar-refractivity contribution in [3.8, 4) is 0 Å². The number of piperidine rings is 1. The molecule has 20 heavy (non-hydrogen) atoms. The highest BCUT2D eigenvalue weighted by atomic mass is 16.3. The Kier molecular flexibility index (Phi) is 4.45. The Hall–Kier alpha value is -1.40. The molecule has 0 unspecified atom stereocenters. The summed E-state index contributed by atoms with van der Waals surface area (Å²) in [4.78, 5) is 14.1. The molecular formula is C14H23N3O3. The number of likely N-dealkylation sites (tertiary alicyclic amines) is 1. The fraction of sp³-hybridized carbons (Fsp3) is 0.714. The standard InChI is InChI=1S/C14H23N3O3/c1-4-17-11(7-10(15-17)9(2)3)14(20)16-6-5-12(18)13(19)8-16/h7,9,12-13,18-19H,4-6,8H2,1-3H3/t12-,13-/m1/s1. The summed E-state index contributed by atoms with van der Waals surface area (Å²) in [6, 6.07) is 1.83. The summed E-state index contributed by atoms with van der Waals surface area (Å²) in [6.45, 7) is 7.29. The number of aromatic nitrogens is 2. The Bertz CT molecular complexity index is 484. The number of aliphatic hydroxyl groups is 2. The maximum absolute atomic E-state index is 12.5. The van der Waals surface area contributed by atoms with E-state index in [0.29, 0.717) is 25.2 Å². The van der Waals surface area contributed by atoms with Crippen molar-refractivity contribution in [1.29, 1.82) is 0 Å². The molecule has 1 aromatic heterocycles. The fourth-order valence-corrected chi connectivity index (χ4v) is 2.40. The van der Waals surface area contributed by atoms with Crippen LogP contribution in [0.4, 0.5) is 0 Å². The average molecular weight is 281 g/mol. The molecule has 1 fully saturated rings. The first-order valence-electron chi connectivity index (χ1n) is 7.17. The second-order valence-corrected chi connectivity index (χ2v) is 5.60. The van der Waals surface area contributed by atoms with Crippen molar-refractivity contribution in [3.63, 3.8) is 0 Å². The van der Waals surface area contributed by atoms with Crippen molar-refractivity contribution in [2.45, 2.75) is 51.9 Å². The fourth-order valence-electron chi connectivity index (χ4n) is 2.40. The number of hydrogen-bond donors (Lipinski definition) is 2. The highest BCUT2D eigenvalue weighted by Gasteiger charge is 2.30. The zero-order valence-corrected chi connectivity index (χ0v) is 12.3. The van der Waals surface area contributed by atoms with E-state index in [-0.39, 0.29) is 18.4 Å². The van der Waals surface area contributed by atoms with Gasteiger partial charge < -0.3 is 15.1 Å². The number of aryl methyl sites for hydroxylation is 1. The summed E-state index contributed by atoms with van der Waals surface area (Å²) < 4.78 is 1.70. The lowest BCUT2D eigenvalue weighted by atomic mass is 10.0. The van der Waals surface area contributed by atoms with E-state index in [1.54, 1.807) is 9.58 Å². The van der Waals surface area contributed by atoms with E-state index in [9.17, 15) is 15.0 Å². The van der Waals surface area contributed by atoms with Crippen LogP contribution < -0.4 is 0 Å². The van der Waals surface area contributed by atoms with Crippen LogP contribution in [0, 0.1) is 0 Å². The van der Waals surface area contributed by atoms with Gasteiger partial charge in [-0.1, -0.05) is 13.8 Å². The molecule has 6 heteroatoms. The summed E-state index contributed by atoms with van der Waals surface area (Å²) in [5, 5.41) is 23.7. The normalized spacial score (nSPS) is 23.4. The molecule has 112 valence electrons. The van der Waals surface area contributed by atoms with Gasteiger partial charge in [0.2, 0.25) is 0 Å². The van der Waals surface area contributed by atoms with Crippen molar-refractivity contribution in [1.82, 2.24) is 14.7 Å². The van der Waals surface area contributed by atoms with Crippen LogP contribution >= 0.6 is 0 Å². The van der Waals surface area contributed by atoms with Crippen molar-refractivity contribution in [2.75, 3.05) is 13.1 Å². The zero-order chi connectivity index (χ0) is 14.9. The van der Waals surface area contributed by atoms with Crippen LogP contribution in [0.25, 0.3) is 0 Å². The van der Waals surface area contributed by atoms with E-state index in [4.69, 9.17) is 0 Å². The molecule has 0 spiro atoms. The third kappa shape index (κ3) is 2.86. The third-order valence-corrected chi connectivity index (χ3v) is 3.74. The monoisotopic (exact) mass is 281 g/mol. The molecule has 0 saturated carbocycles. The van der Waals surface area contributed by atoms with Gasteiger partial charge in [-0.05, 0) is 25.3 Å². The van der Waals surface area contributed by atoms with E-state index in [1.165, 1.54) is 0 Å². The Balaban J connectivity index is 2.20. The minimum absolute atomic E-state index is 0.128. The molecule has 0 bridgehead atoms. The van der Waals surface area contributed by atoms with Crippen LogP contribution in [0.5, 0.6) is 0 Å². The summed E-state index contributed by atoms with van der Waals surface area (Å²) in [5.41, 5.74) is 1.45. The molecule has 1 saturated heterocycles. The lowest BCUT2D eigenvalue weighted by molar-refractivity contribution is -0.0324. The largest absolute Gasteiger partial charge is 0.390 e. The molecular weight excluding hydrogens is 258 g/mol. The van der Waals surface area contributed by atoms with Crippen LogP contribution in [-0.4, -0.2) is 56.1 Å². The van der Waals surface area contributed by atoms with Gasteiger partial charge in [0.25, 0.3) is 5.91 Å². The topological polar surface area (TPSA) is 78.6 Å². The van der Waals surface area contributed by atoms with E-state index < -0.39 is 12.2 Å². The smallest absolute Gasteiger partial charge is 0.272 e. The predicted molar refractivity (Wildman–Crippen MR) is 74.5 cm³/mol. The summed E-state index contributed by atoms with van der Waals surface area (Å²) in [7, 11) is 0. The van der Waals surface area contributed by atoms with Gasteiger partial charge in [0, 0.05) is 19.6 Å². The van der Waals surface area contributed by atoms with Crippen LogP contribution in [0.2, 0.25) is 0 Å². The number of hydrogen-bond acceptors (Lipinski definition) is 4. The molecule has 0 aliphatic carbocycles. The second kappa shape index (κ2) is 5.93. The first-order valence-corrected chi connectivity index (χ1v) is 7.17. The van der Waals surface area contributed by atoms with Gasteiger partial charge in [-0.15, -0.1) is 0 Å². The maximum atomic E-state index is 12.5. The number of carbonyl (C=O) groups excluding carboxylic acids is 1. The van der Waals surface area contributed by atoms with Gasteiger partial charge in [0.15, 0.2) is 0 Å². The molecule has 2 atom stereocenters. The summed E-state index contributed by atoms with van der Waals surface area (Å²) in [5.74, 6) is 0.139. The van der Waals surface area contributed by atoms with Crippen LogP contribution in [0.3, 0.4) is 0 Å². The van der Waals surface area contributed by atoms with E-state index in [0.717, 1.165) is 5.69 Å².